The normalized spacial score (nSPS) is 10.9. The molecule has 0 aliphatic heterocycles. The van der Waals surface area contributed by atoms with Crippen molar-refractivity contribution in [3.05, 3.63) is 59.7 Å². The first-order valence-electron chi connectivity index (χ1n) is 7.65. The zero-order valence-corrected chi connectivity index (χ0v) is 13.4. The van der Waals surface area contributed by atoms with Gasteiger partial charge in [-0.15, -0.1) is 0 Å². The van der Waals surface area contributed by atoms with Crippen molar-refractivity contribution in [1.29, 1.82) is 0 Å². The van der Waals surface area contributed by atoms with Gasteiger partial charge in [0.1, 0.15) is 12.4 Å². The number of hydrogen-bond donors (Lipinski definition) is 1. The first-order valence-corrected chi connectivity index (χ1v) is 7.65. The zero-order chi connectivity index (χ0) is 16.1. The highest BCUT2D eigenvalue weighted by Gasteiger charge is 2.02. The predicted octanol–water partition coefficient (Wildman–Crippen LogP) is 3.13. The summed E-state index contributed by atoms with van der Waals surface area (Å²) in [6.07, 6.45) is 2.83. The van der Waals surface area contributed by atoms with E-state index in [2.05, 4.69) is 32.4 Å². The number of methoxy groups -OCH3 is 1. The number of aryl methyl sites for hydroxylation is 1. The van der Waals surface area contributed by atoms with Gasteiger partial charge >= 0.3 is 0 Å². The summed E-state index contributed by atoms with van der Waals surface area (Å²) in [6.45, 7) is 3.17. The standard InChI is InChI=1S/C18H20N4O/c1-13-9-17(22-18(21-13)12-23-2)19-8-7-14-10-15-5-3-4-6-16(15)20-11-14/h3-6,9-11H,7-8,12H2,1-2H3,(H,19,21,22). The van der Waals surface area contributed by atoms with Crippen LogP contribution in [0, 0.1) is 6.92 Å². The molecule has 0 radical (unpaired) electrons. The van der Waals surface area contributed by atoms with Crippen LogP contribution in [0.4, 0.5) is 5.82 Å². The van der Waals surface area contributed by atoms with Crippen molar-refractivity contribution in [3.8, 4) is 0 Å². The van der Waals surface area contributed by atoms with Gasteiger partial charge in [-0.2, -0.15) is 0 Å². The van der Waals surface area contributed by atoms with Crippen LogP contribution in [0.15, 0.2) is 42.6 Å². The largest absolute Gasteiger partial charge is 0.377 e. The molecule has 5 heteroatoms. The fourth-order valence-corrected chi connectivity index (χ4v) is 2.50. The minimum atomic E-state index is 0.422. The van der Waals surface area contributed by atoms with Crippen molar-refractivity contribution in [2.45, 2.75) is 20.0 Å². The maximum absolute atomic E-state index is 5.09. The second kappa shape index (κ2) is 7.15. The number of ether oxygens (including phenoxy) is 1. The summed E-state index contributed by atoms with van der Waals surface area (Å²) in [5.74, 6) is 1.53. The van der Waals surface area contributed by atoms with Crippen molar-refractivity contribution >= 4 is 16.7 Å². The molecule has 0 atom stereocenters. The molecular formula is C18H20N4O. The van der Waals surface area contributed by atoms with E-state index in [1.165, 1.54) is 10.9 Å². The Morgan fingerprint density at radius 2 is 2.00 bits per heavy atom. The molecule has 0 amide bonds. The molecule has 0 aliphatic rings. The fraction of sp³-hybridized carbons (Fsp3) is 0.278. The van der Waals surface area contributed by atoms with Gasteiger partial charge < -0.3 is 10.1 Å². The van der Waals surface area contributed by atoms with Crippen molar-refractivity contribution < 1.29 is 4.74 Å². The van der Waals surface area contributed by atoms with E-state index in [1.807, 2.05) is 37.4 Å². The third-order valence-electron chi connectivity index (χ3n) is 3.54. The van der Waals surface area contributed by atoms with Gasteiger partial charge in [-0.25, -0.2) is 9.97 Å². The van der Waals surface area contributed by atoms with E-state index >= 15 is 0 Å². The van der Waals surface area contributed by atoms with E-state index in [0.29, 0.717) is 12.4 Å². The number of anilines is 1. The first-order chi connectivity index (χ1) is 11.2. The summed E-state index contributed by atoms with van der Waals surface area (Å²) in [4.78, 5) is 13.3. The fourth-order valence-electron chi connectivity index (χ4n) is 2.50. The van der Waals surface area contributed by atoms with Crippen LogP contribution in [-0.2, 0) is 17.8 Å². The predicted molar refractivity (Wildman–Crippen MR) is 91.4 cm³/mol. The third kappa shape index (κ3) is 4.02. The minimum absolute atomic E-state index is 0.422. The molecule has 0 unspecified atom stereocenters. The van der Waals surface area contributed by atoms with E-state index in [-0.39, 0.29) is 0 Å². The lowest BCUT2D eigenvalue weighted by molar-refractivity contribution is 0.177. The minimum Gasteiger partial charge on any atom is -0.377 e. The van der Waals surface area contributed by atoms with E-state index in [9.17, 15) is 0 Å². The van der Waals surface area contributed by atoms with Crippen molar-refractivity contribution in [1.82, 2.24) is 15.0 Å². The molecule has 3 rings (SSSR count). The Kier molecular flexibility index (Phi) is 4.78. The van der Waals surface area contributed by atoms with Crippen molar-refractivity contribution in [3.63, 3.8) is 0 Å². The van der Waals surface area contributed by atoms with Crippen LogP contribution < -0.4 is 5.32 Å². The van der Waals surface area contributed by atoms with Gasteiger partial charge in [-0.05, 0) is 31.0 Å². The molecule has 1 aromatic carbocycles. The maximum Gasteiger partial charge on any atom is 0.156 e. The van der Waals surface area contributed by atoms with Crippen molar-refractivity contribution in [2.75, 3.05) is 19.0 Å². The quantitative estimate of drug-likeness (QED) is 0.758. The number of para-hydroxylation sites is 1. The van der Waals surface area contributed by atoms with Crippen LogP contribution in [0.1, 0.15) is 17.1 Å². The van der Waals surface area contributed by atoms with Gasteiger partial charge in [0.15, 0.2) is 5.82 Å². The summed E-state index contributed by atoms with van der Waals surface area (Å²) in [5.41, 5.74) is 3.17. The molecule has 23 heavy (non-hydrogen) atoms. The van der Waals surface area contributed by atoms with Gasteiger partial charge in [-0.3, -0.25) is 4.98 Å². The lowest BCUT2D eigenvalue weighted by Gasteiger charge is -2.08. The highest BCUT2D eigenvalue weighted by molar-refractivity contribution is 5.78. The second-order valence-electron chi connectivity index (χ2n) is 5.46. The Morgan fingerprint density at radius 1 is 1.13 bits per heavy atom. The molecule has 2 aromatic heterocycles. The summed E-state index contributed by atoms with van der Waals surface area (Å²) in [6, 6.07) is 12.3. The second-order valence-corrected chi connectivity index (χ2v) is 5.46. The maximum atomic E-state index is 5.09. The molecule has 0 bridgehead atoms. The van der Waals surface area contributed by atoms with Gasteiger partial charge in [0.2, 0.25) is 0 Å². The van der Waals surface area contributed by atoms with Gasteiger partial charge in [0.05, 0.1) is 5.52 Å². The summed E-state index contributed by atoms with van der Waals surface area (Å²) < 4.78 is 5.09. The number of hydrogen-bond acceptors (Lipinski definition) is 5. The van der Waals surface area contributed by atoms with E-state index in [0.717, 1.165) is 30.0 Å². The molecule has 5 nitrogen and oxygen atoms in total. The van der Waals surface area contributed by atoms with Gasteiger partial charge in [0.25, 0.3) is 0 Å². The molecule has 0 fully saturated rings. The first kappa shape index (κ1) is 15.4. The number of pyridine rings is 1. The third-order valence-corrected chi connectivity index (χ3v) is 3.54. The zero-order valence-electron chi connectivity index (χ0n) is 13.4. The van der Waals surface area contributed by atoms with E-state index < -0.39 is 0 Å². The molecule has 0 saturated carbocycles. The molecule has 0 spiro atoms. The molecule has 118 valence electrons. The average Bonchev–Trinajstić information content (AvgIpc) is 2.54. The summed E-state index contributed by atoms with van der Waals surface area (Å²) in [7, 11) is 1.64. The van der Waals surface area contributed by atoms with Gasteiger partial charge in [-0.1, -0.05) is 18.2 Å². The Morgan fingerprint density at radius 3 is 2.87 bits per heavy atom. The molecule has 2 heterocycles. The van der Waals surface area contributed by atoms with Crippen LogP contribution in [-0.4, -0.2) is 28.6 Å². The van der Waals surface area contributed by atoms with Crippen LogP contribution in [0.2, 0.25) is 0 Å². The van der Waals surface area contributed by atoms with E-state index in [4.69, 9.17) is 4.74 Å². The number of fused-ring (bicyclic) bond motifs is 1. The van der Waals surface area contributed by atoms with Crippen molar-refractivity contribution in [2.24, 2.45) is 0 Å². The van der Waals surface area contributed by atoms with E-state index in [1.54, 1.807) is 7.11 Å². The molecule has 3 aromatic rings. The number of aromatic nitrogens is 3. The average molecular weight is 308 g/mol. The van der Waals surface area contributed by atoms with Crippen LogP contribution in [0.25, 0.3) is 10.9 Å². The Hall–Kier alpha value is -2.53. The smallest absolute Gasteiger partial charge is 0.156 e. The van der Waals surface area contributed by atoms with Crippen LogP contribution >= 0.6 is 0 Å². The summed E-state index contributed by atoms with van der Waals surface area (Å²) in [5, 5.41) is 4.52. The molecule has 0 aliphatic carbocycles. The van der Waals surface area contributed by atoms with Crippen LogP contribution in [0.3, 0.4) is 0 Å². The monoisotopic (exact) mass is 308 g/mol. The summed E-state index contributed by atoms with van der Waals surface area (Å²) >= 11 is 0. The highest BCUT2D eigenvalue weighted by Crippen LogP contribution is 2.13. The molecule has 0 saturated heterocycles. The number of benzene rings is 1. The lowest BCUT2D eigenvalue weighted by atomic mass is 10.1. The van der Waals surface area contributed by atoms with Crippen LogP contribution in [0.5, 0.6) is 0 Å². The molecular weight excluding hydrogens is 288 g/mol. The molecule has 1 N–H and O–H groups in total. The Balaban J connectivity index is 1.64. The van der Waals surface area contributed by atoms with Gasteiger partial charge in [0, 0.05) is 37.0 Å². The lowest BCUT2D eigenvalue weighted by Crippen LogP contribution is -2.09. The topological polar surface area (TPSA) is 59.9 Å². The highest BCUT2D eigenvalue weighted by atomic mass is 16.5. The number of nitrogens with one attached hydrogen (secondary N) is 1. The number of nitrogens with zero attached hydrogens (tertiary/aromatic N) is 3. The number of rotatable bonds is 6. The SMILES string of the molecule is COCc1nc(C)cc(NCCc2cnc3ccccc3c2)n1. The Bertz CT molecular complexity index is 804. The Labute approximate surface area is 135 Å².